The number of aromatic nitrogens is 2. The normalized spacial score (nSPS) is 10.7. The highest BCUT2D eigenvalue weighted by Crippen LogP contribution is 2.31. The number of rotatable bonds is 4. The van der Waals surface area contributed by atoms with Gasteiger partial charge in [0.15, 0.2) is 0 Å². The number of nitrogens with one attached hydrogen (secondary N) is 1. The van der Waals surface area contributed by atoms with E-state index in [0.29, 0.717) is 5.92 Å². The second-order valence-corrected chi connectivity index (χ2v) is 4.54. The Kier molecular flexibility index (Phi) is 3.92. The van der Waals surface area contributed by atoms with Crippen molar-refractivity contribution in [3.63, 3.8) is 0 Å². The lowest BCUT2D eigenvalue weighted by Gasteiger charge is -2.16. The summed E-state index contributed by atoms with van der Waals surface area (Å²) in [5, 5.41) is 3.32. The van der Waals surface area contributed by atoms with E-state index in [1.807, 2.05) is 18.2 Å². The van der Waals surface area contributed by atoms with E-state index in [4.69, 9.17) is 0 Å². The van der Waals surface area contributed by atoms with Crippen LogP contribution in [0.4, 0.5) is 5.82 Å². The maximum absolute atomic E-state index is 4.46. The first-order valence-corrected chi connectivity index (χ1v) is 6.38. The summed E-state index contributed by atoms with van der Waals surface area (Å²) in [7, 11) is 0. The predicted molar refractivity (Wildman–Crippen MR) is 75.7 cm³/mol. The quantitative estimate of drug-likeness (QED) is 0.887. The molecular weight excluding hydrogens is 222 g/mol. The van der Waals surface area contributed by atoms with Crippen LogP contribution in [0, 0.1) is 0 Å². The molecule has 0 bridgehead atoms. The molecule has 0 aliphatic rings. The highest BCUT2D eigenvalue weighted by atomic mass is 15.0. The van der Waals surface area contributed by atoms with Gasteiger partial charge >= 0.3 is 0 Å². The summed E-state index contributed by atoms with van der Waals surface area (Å²) in [5.74, 6) is 1.33. The van der Waals surface area contributed by atoms with Gasteiger partial charge in [-0.1, -0.05) is 44.2 Å². The molecule has 0 radical (unpaired) electrons. The summed E-state index contributed by atoms with van der Waals surface area (Å²) in [4.78, 5) is 8.82. The Morgan fingerprint density at radius 2 is 1.83 bits per heavy atom. The monoisotopic (exact) mass is 241 g/mol. The molecule has 94 valence electrons. The lowest BCUT2D eigenvalue weighted by molar-refractivity contribution is 0.849. The zero-order valence-electron chi connectivity index (χ0n) is 11.1. The molecule has 0 atom stereocenters. The Hall–Kier alpha value is -1.90. The molecule has 0 fully saturated rings. The molecule has 2 aromatic rings. The molecular formula is C15H19N3. The van der Waals surface area contributed by atoms with Crippen LogP contribution in [0.3, 0.4) is 0 Å². The van der Waals surface area contributed by atoms with Gasteiger partial charge in [0.05, 0.1) is 5.69 Å². The Morgan fingerprint density at radius 3 is 2.44 bits per heavy atom. The van der Waals surface area contributed by atoms with Crippen LogP contribution in [0.5, 0.6) is 0 Å². The fraction of sp³-hybridized carbons (Fsp3) is 0.333. The summed E-state index contributed by atoms with van der Waals surface area (Å²) >= 11 is 0. The summed E-state index contributed by atoms with van der Waals surface area (Å²) < 4.78 is 0. The molecule has 0 saturated carbocycles. The highest BCUT2D eigenvalue weighted by molar-refractivity contribution is 5.69. The van der Waals surface area contributed by atoms with E-state index in [-0.39, 0.29) is 0 Å². The van der Waals surface area contributed by atoms with Crippen LogP contribution < -0.4 is 5.32 Å². The van der Waals surface area contributed by atoms with Crippen molar-refractivity contribution in [2.75, 3.05) is 11.9 Å². The van der Waals surface area contributed by atoms with Gasteiger partial charge in [0.25, 0.3) is 0 Å². The molecule has 1 N–H and O–H groups in total. The Morgan fingerprint density at radius 1 is 1.11 bits per heavy atom. The molecule has 0 spiro atoms. The Bertz CT molecular complexity index is 506. The molecule has 2 rings (SSSR count). The van der Waals surface area contributed by atoms with Crippen molar-refractivity contribution in [1.82, 2.24) is 9.97 Å². The first-order chi connectivity index (χ1) is 8.74. The number of hydrogen-bond acceptors (Lipinski definition) is 3. The largest absolute Gasteiger partial charge is 0.370 e. The fourth-order valence-corrected chi connectivity index (χ4v) is 2.08. The SMILES string of the molecule is CCNc1ncnc(-c2ccccc2)c1C(C)C. The van der Waals surface area contributed by atoms with Crippen LogP contribution in [-0.4, -0.2) is 16.5 Å². The second-order valence-electron chi connectivity index (χ2n) is 4.54. The van der Waals surface area contributed by atoms with Crippen molar-refractivity contribution in [1.29, 1.82) is 0 Å². The molecule has 0 aliphatic carbocycles. The van der Waals surface area contributed by atoms with Gasteiger partial charge in [0.2, 0.25) is 0 Å². The van der Waals surface area contributed by atoms with Gasteiger partial charge in [-0.25, -0.2) is 9.97 Å². The van der Waals surface area contributed by atoms with Crippen LogP contribution in [-0.2, 0) is 0 Å². The number of benzene rings is 1. The molecule has 0 unspecified atom stereocenters. The van der Waals surface area contributed by atoms with E-state index in [9.17, 15) is 0 Å². The van der Waals surface area contributed by atoms with Crippen LogP contribution in [0.15, 0.2) is 36.7 Å². The summed E-state index contributed by atoms with van der Waals surface area (Å²) in [6.07, 6.45) is 1.63. The van der Waals surface area contributed by atoms with Gasteiger partial charge in [-0.15, -0.1) is 0 Å². The van der Waals surface area contributed by atoms with Crippen molar-refractivity contribution in [2.24, 2.45) is 0 Å². The third-order valence-corrected chi connectivity index (χ3v) is 2.85. The van der Waals surface area contributed by atoms with Crippen LogP contribution in [0.25, 0.3) is 11.3 Å². The minimum atomic E-state index is 0.385. The minimum Gasteiger partial charge on any atom is -0.370 e. The molecule has 0 amide bonds. The zero-order chi connectivity index (χ0) is 13.0. The molecule has 3 heteroatoms. The molecule has 3 nitrogen and oxygen atoms in total. The summed E-state index contributed by atoms with van der Waals surface area (Å²) in [6.45, 7) is 7.29. The minimum absolute atomic E-state index is 0.385. The summed E-state index contributed by atoms with van der Waals surface area (Å²) in [5.41, 5.74) is 3.35. The van der Waals surface area contributed by atoms with Gasteiger partial charge in [-0.2, -0.15) is 0 Å². The lowest BCUT2D eigenvalue weighted by Crippen LogP contribution is -2.07. The first-order valence-electron chi connectivity index (χ1n) is 6.38. The number of anilines is 1. The predicted octanol–water partition coefficient (Wildman–Crippen LogP) is 3.70. The third kappa shape index (κ3) is 2.50. The molecule has 1 aromatic heterocycles. The highest BCUT2D eigenvalue weighted by Gasteiger charge is 2.15. The second kappa shape index (κ2) is 5.63. The molecule has 1 aromatic carbocycles. The molecule has 0 saturated heterocycles. The van der Waals surface area contributed by atoms with Crippen LogP contribution >= 0.6 is 0 Å². The van der Waals surface area contributed by atoms with E-state index < -0.39 is 0 Å². The van der Waals surface area contributed by atoms with Crippen molar-refractivity contribution >= 4 is 5.82 Å². The van der Waals surface area contributed by atoms with Gasteiger partial charge in [0.1, 0.15) is 12.1 Å². The van der Waals surface area contributed by atoms with E-state index in [0.717, 1.165) is 23.6 Å². The van der Waals surface area contributed by atoms with Crippen molar-refractivity contribution in [3.05, 3.63) is 42.2 Å². The average molecular weight is 241 g/mol. The maximum atomic E-state index is 4.46. The lowest BCUT2D eigenvalue weighted by atomic mass is 9.97. The van der Waals surface area contributed by atoms with E-state index in [2.05, 4.69) is 48.2 Å². The third-order valence-electron chi connectivity index (χ3n) is 2.85. The smallest absolute Gasteiger partial charge is 0.133 e. The van der Waals surface area contributed by atoms with Gasteiger partial charge in [0, 0.05) is 17.7 Å². The van der Waals surface area contributed by atoms with Gasteiger partial charge in [-0.3, -0.25) is 0 Å². The van der Waals surface area contributed by atoms with E-state index >= 15 is 0 Å². The van der Waals surface area contributed by atoms with Crippen LogP contribution in [0.1, 0.15) is 32.3 Å². The van der Waals surface area contributed by atoms with Crippen molar-refractivity contribution in [2.45, 2.75) is 26.7 Å². The van der Waals surface area contributed by atoms with Crippen molar-refractivity contribution in [3.8, 4) is 11.3 Å². The molecule has 18 heavy (non-hydrogen) atoms. The topological polar surface area (TPSA) is 37.8 Å². The van der Waals surface area contributed by atoms with Gasteiger partial charge < -0.3 is 5.32 Å². The molecule has 0 aliphatic heterocycles. The van der Waals surface area contributed by atoms with Gasteiger partial charge in [-0.05, 0) is 12.8 Å². The number of hydrogen-bond donors (Lipinski definition) is 1. The van der Waals surface area contributed by atoms with Crippen molar-refractivity contribution < 1.29 is 0 Å². The maximum Gasteiger partial charge on any atom is 0.133 e. The first kappa shape index (κ1) is 12.6. The Labute approximate surface area is 108 Å². The average Bonchev–Trinajstić information content (AvgIpc) is 2.39. The summed E-state index contributed by atoms with van der Waals surface area (Å²) in [6, 6.07) is 10.3. The van der Waals surface area contributed by atoms with E-state index in [1.54, 1.807) is 6.33 Å². The van der Waals surface area contributed by atoms with Crippen LogP contribution in [0.2, 0.25) is 0 Å². The Balaban J connectivity index is 2.56. The van der Waals surface area contributed by atoms with E-state index in [1.165, 1.54) is 5.56 Å². The zero-order valence-corrected chi connectivity index (χ0v) is 11.1. The fourth-order valence-electron chi connectivity index (χ4n) is 2.08. The number of nitrogens with zero attached hydrogens (tertiary/aromatic N) is 2. The molecule has 1 heterocycles. The standard InChI is InChI=1S/C15H19N3/c1-4-16-15-13(11(2)3)14(17-10-18-15)12-8-6-5-7-9-12/h5-11H,4H2,1-3H3,(H,16,17,18).